The fourth-order valence-electron chi connectivity index (χ4n) is 1.67. The molecule has 0 amide bonds. The number of aryl methyl sites for hydroxylation is 1. The topological polar surface area (TPSA) is 61.0 Å². The molecule has 1 heterocycles. The Balaban J connectivity index is 2.77. The van der Waals surface area contributed by atoms with E-state index in [0.717, 1.165) is 22.3 Å². The fourth-order valence-corrected chi connectivity index (χ4v) is 1.67. The molecule has 0 aliphatic heterocycles. The molecule has 16 heavy (non-hydrogen) atoms. The molecule has 84 valence electrons. The van der Waals surface area contributed by atoms with Crippen LogP contribution in [-0.2, 0) is 0 Å². The van der Waals surface area contributed by atoms with E-state index in [1.54, 1.807) is 7.11 Å². The molecule has 1 unspecified atom stereocenters. The molecule has 1 aromatic heterocycles. The molecular weight excluding hydrogens is 202 g/mol. The van der Waals surface area contributed by atoms with Gasteiger partial charge in [0.05, 0.1) is 13.2 Å². The highest BCUT2D eigenvalue weighted by Gasteiger charge is 2.10. The van der Waals surface area contributed by atoms with Gasteiger partial charge in [0.25, 0.3) is 0 Å². The number of nitrogens with two attached hydrogens (primary N) is 1. The van der Waals surface area contributed by atoms with E-state index in [0.29, 0.717) is 5.82 Å². The van der Waals surface area contributed by atoms with Gasteiger partial charge in [0.2, 0.25) is 0 Å². The van der Waals surface area contributed by atoms with E-state index >= 15 is 0 Å². The Bertz CT molecular complexity index is 523. The van der Waals surface area contributed by atoms with Crippen LogP contribution < -0.4 is 10.5 Å². The summed E-state index contributed by atoms with van der Waals surface area (Å²) in [7, 11) is 1.64. The van der Waals surface area contributed by atoms with Crippen molar-refractivity contribution in [1.82, 2.24) is 9.97 Å². The Morgan fingerprint density at radius 2 is 2.06 bits per heavy atom. The van der Waals surface area contributed by atoms with E-state index in [-0.39, 0.29) is 6.04 Å². The molecule has 2 N–H and O–H groups in total. The lowest BCUT2D eigenvalue weighted by atomic mass is 10.1. The minimum atomic E-state index is -0.173. The van der Waals surface area contributed by atoms with E-state index in [4.69, 9.17) is 10.5 Å². The summed E-state index contributed by atoms with van der Waals surface area (Å²) in [5.41, 5.74) is 7.55. The maximum absolute atomic E-state index is 5.80. The summed E-state index contributed by atoms with van der Waals surface area (Å²) in [5, 5.41) is 1.00. The molecule has 4 nitrogen and oxygen atoms in total. The summed E-state index contributed by atoms with van der Waals surface area (Å²) in [5.74, 6) is 1.40. The minimum absolute atomic E-state index is 0.173. The molecule has 0 saturated carbocycles. The minimum Gasteiger partial charge on any atom is -0.494 e. The molecule has 0 aliphatic carbocycles. The fraction of sp³-hybridized carbons (Fsp3) is 0.333. The number of hydrogen-bond acceptors (Lipinski definition) is 4. The van der Waals surface area contributed by atoms with Crippen LogP contribution in [0.5, 0.6) is 5.75 Å². The van der Waals surface area contributed by atoms with Gasteiger partial charge < -0.3 is 10.5 Å². The van der Waals surface area contributed by atoms with Crippen molar-refractivity contribution >= 4 is 10.9 Å². The van der Waals surface area contributed by atoms with Crippen LogP contribution in [0.1, 0.15) is 24.5 Å². The van der Waals surface area contributed by atoms with Crippen molar-refractivity contribution < 1.29 is 4.74 Å². The van der Waals surface area contributed by atoms with Gasteiger partial charge in [-0.2, -0.15) is 0 Å². The van der Waals surface area contributed by atoms with Crippen molar-refractivity contribution in [3.63, 3.8) is 0 Å². The van der Waals surface area contributed by atoms with Gasteiger partial charge in [-0.3, -0.25) is 0 Å². The summed E-state index contributed by atoms with van der Waals surface area (Å²) < 4.78 is 5.29. The van der Waals surface area contributed by atoms with Gasteiger partial charge in [0.1, 0.15) is 17.1 Å². The SMILES string of the molecule is COc1cccc2c(C)nc(C(C)N)nc12. The van der Waals surface area contributed by atoms with Crippen molar-refractivity contribution in [2.24, 2.45) is 5.73 Å². The molecule has 0 radical (unpaired) electrons. The second-order valence-electron chi connectivity index (χ2n) is 3.81. The Hall–Kier alpha value is -1.68. The number of aromatic nitrogens is 2. The third-order valence-corrected chi connectivity index (χ3v) is 2.52. The Kier molecular flexibility index (Phi) is 2.75. The van der Waals surface area contributed by atoms with Crippen molar-refractivity contribution in [1.29, 1.82) is 0 Å². The highest BCUT2D eigenvalue weighted by Crippen LogP contribution is 2.25. The van der Waals surface area contributed by atoms with Crippen LogP contribution in [0.3, 0.4) is 0 Å². The van der Waals surface area contributed by atoms with Crippen molar-refractivity contribution in [3.8, 4) is 5.75 Å². The quantitative estimate of drug-likeness (QED) is 0.835. The van der Waals surface area contributed by atoms with Gasteiger partial charge in [-0.1, -0.05) is 12.1 Å². The summed E-state index contributed by atoms with van der Waals surface area (Å²) in [6.07, 6.45) is 0. The van der Waals surface area contributed by atoms with E-state index < -0.39 is 0 Å². The number of hydrogen-bond donors (Lipinski definition) is 1. The maximum atomic E-state index is 5.80. The van der Waals surface area contributed by atoms with E-state index in [1.807, 2.05) is 32.0 Å². The van der Waals surface area contributed by atoms with E-state index in [1.165, 1.54) is 0 Å². The summed E-state index contributed by atoms with van der Waals surface area (Å²) >= 11 is 0. The first-order chi connectivity index (χ1) is 7.63. The van der Waals surface area contributed by atoms with Crippen molar-refractivity contribution in [2.75, 3.05) is 7.11 Å². The number of rotatable bonds is 2. The predicted octanol–water partition coefficient (Wildman–Crippen LogP) is 1.97. The lowest BCUT2D eigenvalue weighted by molar-refractivity contribution is 0.418. The second-order valence-corrected chi connectivity index (χ2v) is 3.81. The molecule has 0 bridgehead atoms. The molecular formula is C12H15N3O. The monoisotopic (exact) mass is 217 g/mol. The lowest BCUT2D eigenvalue weighted by Crippen LogP contribution is -2.11. The number of ether oxygens (including phenoxy) is 1. The summed E-state index contributed by atoms with van der Waals surface area (Å²) in [6.45, 7) is 3.82. The van der Waals surface area contributed by atoms with Gasteiger partial charge >= 0.3 is 0 Å². The first-order valence-electron chi connectivity index (χ1n) is 5.20. The highest BCUT2D eigenvalue weighted by atomic mass is 16.5. The predicted molar refractivity (Wildman–Crippen MR) is 63.4 cm³/mol. The van der Waals surface area contributed by atoms with Gasteiger partial charge in [0.15, 0.2) is 0 Å². The van der Waals surface area contributed by atoms with Crippen LogP contribution in [0.25, 0.3) is 10.9 Å². The van der Waals surface area contributed by atoms with Crippen molar-refractivity contribution in [2.45, 2.75) is 19.9 Å². The van der Waals surface area contributed by atoms with Crippen LogP contribution in [-0.4, -0.2) is 17.1 Å². The Morgan fingerprint density at radius 3 is 2.69 bits per heavy atom. The molecule has 1 atom stereocenters. The van der Waals surface area contributed by atoms with Gasteiger partial charge in [-0.15, -0.1) is 0 Å². The van der Waals surface area contributed by atoms with Crippen LogP contribution in [0.4, 0.5) is 0 Å². The number of para-hydroxylation sites is 1. The Labute approximate surface area is 94.5 Å². The molecule has 2 rings (SSSR count). The average Bonchev–Trinajstić information content (AvgIpc) is 2.28. The molecule has 4 heteroatoms. The smallest absolute Gasteiger partial charge is 0.145 e. The molecule has 0 spiro atoms. The summed E-state index contributed by atoms with van der Waals surface area (Å²) in [6, 6.07) is 5.63. The van der Waals surface area contributed by atoms with Gasteiger partial charge in [-0.25, -0.2) is 9.97 Å². The average molecular weight is 217 g/mol. The number of benzene rings is 1. The van der Waals surface area contributed by atoms with Crippen LogP contribution in [0.15, 0.2) is 18.2 Å². The Morgan fingerprint density at radius 1 is 1.31 bits per heavy atom. The highest BCUT2D eigenvalue weighted by molar-refractivity contribution is 5.86. The molecule has 0 fully saturated rings. The number of methoxy groups -OCH3 is 1. The van der Waals surface area contributed by atoms with Crippen molar-refractivity contribution in [3.05, 3.63) is 29.7 Å². The first kappa shape index (κ1) is 10.8. The zero-order valence-corrected chi connectivity index (χ0v) is 9.69. The zero-order valence-electron chi connectivity index (χ0n) is 9.69. The molecule has 2 aromatic rings. The molecule has 1 aromatic carbocycles. The zero-order chi connectivity index (χ0) is 11.7. The number of fused-ring (bicyclic) bond motifs is 1. The molecule has 0 aliphatic rings. The first-order valence-corrected chi connectivity index (χ1v) is 5.20. The summed E-state index contributed by atoms with van der Waals surface area (Å²) in [4.78, 5) is 8.83. The largest absolute Gasteiger partial charge is 0.494 e. The third kappa shape index (κ3) is 1.72. The van der Waals surface area contributed by atoms with Gasteiger partial charge in [-0.05, 0) is 19.9 Å². The standard InChI is InChI=1S/C12H15N3O/c1-7(13)12-14-8(2)9-5-4-6-10(16-3)11(9)15-12/h4-7H,13H2,1-3H3. The molecule has 0 saturated heterocycles. The van der Waals surface area contributed by atoms with E-state index in [9.17, 15) is 0 Å². The normalized spacial score (nSPS) is 12.8. The van der Waals surface area contributed by atoms with Crippen LogP contribution in [0.2, 0.25) is 0 Å². The van der Waals surface area contributed by atoms with E-state index in [2.05, 4.69) is 9.97 Å². The van der Waals surface area contributed by atoms with Crippen LogP contribution in [0, 0.1) is 6.92 Å². The lowest BCUT2D eigenvalue weighted by Gasteiger charge is -2.10. The van der Waals surface area contributed by atoms with Crippen LogP contribution >= 0.6 is 0 Å². The second kappa shape index (κ2) is 4.06. The third-order valence-electron chi connectivity index (χ3n) is 2.52. The maximum Gasteiger partial charge on any atom is 0.145 e. The van der Waals surface area contributed by atoms with Gasteiger partial charge in [0, 0.05) is 11.1 Å². The number of nitrogens with zero attached hydrogens (tertiary/aromatic N) is 2.